The van der Waals surface area contributed by atoms with Crippen LogP contribution in [0.15, 0.2) is 41.2 Å². The molecule has 4 amide bonds. The fourth-order valence-corrected chi connectivity index (χ4v) is 5.80. The highest BCUT2D eigenvalue weighted by molar-refractivity contribution is 7.18. The van der Waals surface area contributed by atoms with Crippen LogP contribution < -0.4 is 36.3 Å². The molecule has 4 heterocycles. The first-order valence-corrected chi connectivity index (χ1v) is 13.7. The summed E-state index contributed by atoms with van der Waals surface area (Å²) in [5.74, 6) is -0.379. The molecule has 6 rings (SSSR count). The van der Waals surface area contributed by atoms with Crippen molar-refractivity contribution in [2.75, 3.05) is 23.8 Å². The SMILES string of the molecule is Cc1c(CC(=O)NCc2ccc3c(c2)NC(=O)CO3)sc2nc(C(=O)NCc3ccc4c(c3)NC(=O)CO4)[nH]c(=O)c12. The van der Waals surface area contributed by atoms with Gasteiger partial charge in [0.15, 0.2) is 13.2 Å². The van der Waals surface area contributed by atoms with E-state index in [1.54, 1.807) is 43.3 Å². The van der Waals surface area contributed by atoms with Crippen LogP contribution in [-0.2, 0) is 33.9 Å². The molecule has 2 aromatic heterocycles. The second-order valence-electron chi connectivity index (χ2n) is 9.72. The number of rotatable bonds is 7. The number of benzene rings is 2. The maximum absolute atomic E-state index is 12.9. The molecule has 2 aliphatic heterocycles. The number of amides is 4. The summed E-state index contributed by atoms with van der Waals surface area (Å²) in [5.41, 5.74) is 2.71. The molecule has 5 N–H and O–H groups in total. The van der Waals surface area contributed by atoms with Gasteiger partial charge in [0.25, 0.3) is 23.3 Å². The molecule has 0 unspecified atom stereocenters. The highest BCUT2D eigenvalue weighted by Gasteiger charge is 2.20. The Morgan fingerprint density at radius 2 is 1.50 bits per heavy atom. The van der Waals surface area contributed by atoms with Crippen LogP contribution in [0.25, 0.3) is 10.2 Å². The molecular weight excluding hydrogens is 564 g/mol. The molecule has 14 heteroatoms. The van der Waals surface area contributed by atoms with Crippen molar-refractivity contribution in [1.29, 1.82) is 0 Å². The summed E-state index contributed by atoms with van der Waals surface area (Å²) in [5, 5.41) is 11.3. The normalized spacial score (nSPS) is 13.6. The minimum absolute atomic E-state index is 0.0250. The van der Waals surface area contributed by atoms with Crippen molar-refractivity contribution in [1.82, 2.24) is 20.6 Å². The molecule has 0 bridgehead atoms. The molecule has 0 fully saturated rings. The number of hydrogen-bond acceptors (Lipinski definition) is 9. The average molecular weight is 589 g/mol. The van der Waals surface area contributed by atoms with E-state index in [2.05, 4.69) is 31.2 Å². The summed E-state index contributed by atoms with van der Waals surface area (Å²) < 4.78 is 10.7. The van der Waals surface area contributed by atoms with Crippen LogP contribution in [0, 0.1) is 6.92 Å². The fourth-order valence-electron chi connectivity index (χ4n) is 4.62. The Hall–Kier alpha value is -5.24. The molecule has 0 atom stereocenters. The molecular formula is C28H24N6O7S. The van der Waals surface area contributed by atoms with E-state index in [0.717, 1.165) is 5.56 Å². The van der Waals surface area contributed by atoms with Crippen molar-refractivity contribution >= 4 is 56.6 Å². The van der Waals surface area contributed by atoms with Gasteiger partial charge < -0.3 is 35.7 Å². The van der Waals surface area contributed by atoms with Crippen LogP contribution in [0.2, 0.25) is 0 Å². The Kier molecular flexibility index (Phi) is 7.04. The van der Waals surface area contributed by atoms with Crippen molar-refractivity contribution in [3.8, 4) is 11.5 Å². The van der Waals surface area contributed by atoms with Gasteiger partial charge in [-0.05, 0) is 47.9 Å². The van der Waals surface area contributed by atoms with E-state index in [-0.39, 0.29) is 56.3 Å². The van der Waals surface area contributed by atoms with E-state index in [1.807, 2.05) is 0 Å². The van der Waals surface area contributed by atoms with Gasteiger partial charge >= 0.3 is 0 Å². The topological polar surface area (TPSA) is 181 Å². The molecule has 0 spiro atoms. The summed E-state index contributed by atoms with van der Waals surface area (Å²) in [6.07, 6.45) is 0.0250. The molecule has 13 nitrogen and oxygen atoms in total. The van der Waals surface area contributed by atoms with Crippen molar-refractivity contribution in [3.63, 3.8) is 0 Å². The quantitative estimate of drug-likeness (QED) is 0.216. The van der Waals surface area contributed by atoms with Gasteiger partial charge in [-0.15, -0.1) is 11.3 Å². The van der Waals surface area contributed by atoms with Gasteiger partial charge in [-0.25, -0.2) is 4.98 Å². The van der Waals surface area contributed by atoms with Crippen LogP contribution in [-0.4, -0.2) is 46.8 Å². The lowest BCUT2D eigenvalue weighted by molar-refractivity contribution is -0.121. The molecule has 0 saturated heterocycles. The van der Waals surface area contributed by atoms with E-state index >= 15 is 0 Å². The van der Waals surface area contributed by atoms with Gasteiger partial charge in [0.1, 0.15) is 16.3 Å². The maximum atomic E-state index is 12.9. The van der Waals surface area contributed by atoms with Crippen LogP contribution in [0.5, 0.6) is 11.5 Å². The highest BCUT2D eigenvalue weighted by atomic mass is 32.1. The number of aromatic amines is 1. The van der Waals surface area contributed by atoms with Gasteiger partial charge in [0.05, 0.1) is 23.2 Å². The summed E-state index contributed by atoms with van der Waals surface area (Å²) in [6, 6.07) is 10.4. The zero-order valence-electron chi connectivity index (χ0n) is 22.2. The van der Waals surface area contributed by atoms with Gasteiger partial charge in [-0.3, -0.25) is 24.0 Å². The number of hydrogen-bond donors (Lipinski definition) is 5. The first-order valence-electron chi connectivity index (χ1n) is 12.9. The monoisotopic (exact) mass is 588 g/mol. The van der Waals surface area contributed by atoms with E-state index in [9.17, 15) is 24.0 Å². The Labute approximate surface area is 241 Å². The van der Waals surface area contributed by atoms with Gasteiger partial charge in [-0.1, -0.05) is 12.1 Å². The number of nitrogens with zero attached hydrogens (tertiary/aromatic N) is 1. The lowest BCUT2D eigenvalue weighted by Gasteiger charge is -2.18. The first kappa shape index (κ1) is 27.0. The Morgan fingerprint density at radius 3 is 2.12 bits per heavy atom. The molecule has 42 heavy (non-hydrogen) atoms. The fraction of sp³-hybridized carbons (Fsp3) is 0.214. The predicted octanol–water partition coefficient (Wildman–Crippen LogP) is 1.74. The lowest BCUT2D eigenvalue weighted by Crippen LogP contribution is -2.28. The summed E-state index contributed by atoms with van der Waals surface area (Å²) in [6.45, 7) is 2.02. The van der Waals surface area contributed by atoms with Crippen molar-refractivity contribution < 1.29 is 28.7 Å². The average Bonchev–Trinajstić information content (AvgIpc) is 3.29. The Bertz CT molecular complexity index is 1850. The minimum atomic E-state index is -0.580. The molecule has 0 saturated carbocycles. The zero-order chi connectivity index (χ0) is 29.4. The number of aryl methyl sites for hydroxylation is 1. The van der Waals surface area contributed by atoms with Crippen LogP contribution >= 0.6 is 11.3 Å². The van der Waals surface area contributed by atoms with Crippen LogP contribution in [0.1, 0.15) is 32.2 Å². The van der Waals surface area contributed by atoms with E-state index in [4.69, 9.17) is 9.47 Å². The second-order valence-corrected chi connectivity index (χ2v) is 10.8. The van der Waals surface area contributed by atoms with Gasteiger partial charge in [-0.2, -0.15) is 0 Å². The Balaban J connectivity index is 1.11. The summed E-state index contributed by atoms with van der Waals surface area (Å²) in [7, 11) is 0. The van der Waals surface area contributed by atoms with Crippen LogP contribution in [0.3, 0.4) is 0 Å². The third-order valence-corrected chi connectivity index (χ3v) is 7.92. The number of aromatic nitrogens is 2. The number of H-pyrrole nitrogens is 1. The van der Waals surface area contributed by atoms with Crippen molar-refractivity contribution in [2.45, 2.75) is 26.4 Å². The highest BCUT2D eigenvalue weighted by Crippen LogP contribution is 2.30. The van der Waals surface area contributed by atoms with Gasteiger partial charge in [0.2, 0.25) is 11.7 Å². The molecule has 0 aliphatic carbocycles. The maximum Gasteiger partial charge on any atom is 0.287 e. The number of anilines is 2. The van der Waals surface area contributed by atoms with Crippen molar-refractivity contribution in [3.05, 3.63) is 74.1 Å². The standard InChI is InChI=1S/C28H24N6O7S/c1-13-20(8-21(35)29-9-14-2-4-18-16(6-14)31-22(36)11-40-18)42-28-24(13)26(38)33-25(34-28)27(39)30-10-15-3-5-19-17(7-15)32-23(37)12-41-19/h2-7H,8-12H2,1H3,(H,29,35)(H,30,39)(H,31,36)(H,32,37)(H,33,34,38). The van der Waals surface area contributed by atoms with Crippen LogP contribution in [0.4, 0.5) is 11.4 Å². The number of nitrogens with one attached hydrogen (secondary N) is 5. The number of carbonyl (C=O) groups is 4. The van der Waals surface area contributed by atoms with Crippen molar-refractivity contribution in [2.24, 2.45) is 0 Å². The predicted molar refractivity (Wildman–Crippen MR) is 153 cm³/mol. The molecule has 2 aliphatic rings. The minimum Gasteiger partial charge on any atom is -0.482 e. The molecule has 4 aromatic rings. The third-order valence-electron chi connectivity index (χ3n) is 6.73. The number of ether oxygens (including phenoxy) is 2. The van der Waals surface area contributed by atoms with E-state index < -0.39 is 11.5 Å². The second kappa shape index (κ2) is 11.0. The first-order chi connectivity index (χ1) is 20.2. The molecule has 214 valence electrons. The largest absolute Gasteiger partial charge is 0.482 e. The number of carbonyl (C=O) groups excluding carboxylic acids is 4. The van der Waals surface area contributed by atoms with E-state index in [0.29, 0.717) is 49.1 Å². The summed E-state index contributed by atoms with van der Waals surface area (Å²) in [4.78, 5) is 69.5. The smallest absolute Gasteiger partial charge is 0.287 e. The summed E-state index contributed by atoms with van der Waals surface area (Å²) >= 11 is 1.18. The number of fused-ring (bicyclic) bond motifs is 3. The zero-order valence-corrected chi connectivity index (χ0v) is 23.0. The molecule has 0 radical (unpaired) electrons. The number of thiophene rings is 1. The third kappa shape index (κ3) is 5.51. The lowest BCUT2D eigenvalue weighted by atomic mass is 10.1. The molecule has 2 aromatic carbocycles. The van der Waals surface area contributed by atoms with E-state index in [1.165, 1.54) is 11.3 Å². The van der Waals surface area contributed by atoms with Gasteiger partial charge in [0, 0.05) is 18.0 Å². The Morgan fingerprint density at radius 1 is 0.905 bits per heavy atom.